The van der Waals surface area contributed by atoms with Crippen molar-refractivity contribution in [3.8, 4) is 34.1 Å². The predicted octanol–water partition coefficient (Wildman–Crippen LogP) is 11.3. The van der Waals surface area contributed by atoms with E-state index in [4.69, 9.17) is 14.8 Å². The largest absolute Gasteiger partial charge is 2.00 e. The van der Waals surface area contributed by atoms with Gasteiger partial charge in [0.2, 0.25) is 0 Å². The Bertz CT molecular complexity index is 2300. The molecule has 0 fully saturated rings. The van der Waals surface area contributed by atoms with Crippen LogP contribution in [0.1, 0.15) is 77.4 Å². The molecule has 6 heteroatoms. The molecule has 0 N–H and O–H groups in total. The van der Waals surface area contributed by atoms with Gasteiger partial charge >= 0.3 is 21.1 Å². The number of fused-ring (bicyclic) bond motifs is 3. The van der Waals surface area contributed by atoms with Crippen molar-refractivity contribution in [2.75, 3.05) is 0 Å². The topological polar surface area (TPSA) is 44.9 Å². The second-order valence-corrected chi connectivity index (χ2v) is 15.0. The SMILES string of the molecule is CCCc1nn(-c2[c-]c(Oc3[c-]c4c(cc3)c3ccccc3n4-c3cc(C(C)(C)C)ccn3)ccc2)c(C(C)(C)C)c1-c1ccc(C)cc1.[Pt+2]. The van der Waals surface area contributed by atoms with Crippen molar-refractivity contribution in [2.45, 2.75) is 79.1 Å². The molecule has 0 aliphatic carbocycles. The Morgan fingerprint density at radius 1 is 0.760 bits per heavy atom. The van der Waals surface area contributed by atoms with E-state index in [-0.39, 0.29) is 31.9 Å². The number of aromatic nitrogens is 4. The molecule has 0 spiro atoms. The Balaban J connectivity index is 0.00000432. The monoisotopic (exact) mass is 839 g/mol. The fraction of sp³-hybridized carbons (Fsp3) is 0.273. The molecule has 7 rings (SSSR count). The molecule has 256 valence electrons. The van der Waals surface area contributed by atoms with E-state index < -0.39 is 0 Å². The summed E-state index contributed by atoms with van der Waals surface area (Å²) in [6.45, 7) is 17.8. The van der Waals surface area contributed by atoms with Crippen molar-refractivity contribution in [3.05, 3.63) is 132 Å². The molecule has 0 unspecified atom stereocenters. The van der Waals surface area contributed by atoms with E-state index in [0.29, 0.717) is 11.5 Å². The minimum Gasteiger partial charge on any atom is -0.509 e. The van der Waals surface area contributed by atoms with Crippen molar-refractivity contribution < 1.29 is 25.8 Å². The number of nitrogens with zero attached hydrogens (tertiary/aromatic N) is 4. The molecule has 5 nitrogen and oxygen atoms in total. The molecule has 0 radical (unpaired) electrons. The van der Waals surface area contributed by atoms with Gasteiger partial charge in [0.1, 0.15) is 5.82 Å². The molecule has 7 aromatic rings. The van der Waals surface area contributed by atoms with Crippen LogP contribution in [0.3, 0.4) is 0 Å². The minimum absolute atomic E-state index is 0. The Morgan fingerprint density at radius 2 is 1.50 bits per heavy atom. The third kappa shape index (κ3) is 6.68. The fourth-order valence-electron chi connectivity index (χ4n) is 6.68. The number of rotatable bonds is 7. The van der Waals surface area contributed by atoms with Gasteiger partial charge in [0.05, 0.1) is 11.4 Å². The minimum atomic E-state index is -0.172. The number of para-hydroxylation sites is 1. The predicted molar refractivity (Wildman–Crippen MR) is 201 cm³/mol. The van der Waals surface area contributed by atoms with Crippen molar-refractivity contribution in [2.24, 2.45) is 0 Å². The molecule has 0 saturated carbocycles. The van der Waals surface area contributed by atoms with Crippen molar-refractivity contribution in [1.29, 1.82) is 0 Å². The summed E-state index contributed by atoms with van der Waals surface area (Å²) in [6, 6.07) is 38.8. The summed E-state index contributed by atoms with van der Waals surface area (Å²) in [5, 5.41) is 7.48. The van der Waals surface area contributed by atoms with Gasteiger partial charge in [-0.2, -0.15) is 17.2 Å². The molecule has 3 heterocycles. The molecule has 0 atom stereocenters. The Morgan fingerprint density at radius 3 is 2.22 bits per heavy atom. The molecule has 0 saturated heterocycles. The van der Waals surface area contributed by atoms with E-state index >= 15 is 0 Å². The van der Waals surface area contributed by atoms with Crippen LogP contribution >= 0.6 is 0 Å². The smallest absolute Gasteiger partial charge is 0.509 e. The first-order valence-electron chi connectivity index (χ1n) is 17.2. The van der Waals surface area contributed by atoms with Crippen LogP contribution in [-0.2, 0) is 38.3 Å². The number of hydrogen-bond acceptors (Lipinski definition) is 3. The van der Waals surface area contributed by atoms with Gasteiger partial charge in [0.25, 0.3) is 0 Å². The normalized spacial score (nSPS) is 12.0. The van der Waals surface area contributed by atoms with Crippen molar-refractivity contribution >= 4 is 21.8 Å². The first-order valence-corrected chi connectivity index (χ1v) is 17.2. The number of aryl methyl sites for hydroxylation is 2. The second-order valence-electron chi connectivity index (χ2n) is 15.0. The van der Waals surface area contributed by atoms with Gasteiger partial charge in [-0.15, -0.1) is 35.7 Å². The van der Waals surface area contributed by atoms with Crippen molar-refractivity contribution in [3.63, 3.8) is 0 Å². The summed E-state index contributed by atoms with van der Waals surface area (Å²) in [5.74, 6) is 2.08. The zero-order valence-corrected chi connectivity index (χ0v) is 32.4. The van der Waals surface area contributed by atoms with Crippen LogP contribution in [0.2, 0.25) is 0 Å². The van der Waals surface area contributed by atoms with Crippen LogP contribution in [0.25, 0.3) is 44.4 Å². The van der Waals surface area contributed by atoms with Crippen molar-refractivity contribution in [1.82, 2.24) is 19.3 Å². The Hall–Kier alpha value is -4.47. The maximum atomic E-state index is 6.54. The van der Waals surface area contributed by atoms with E-state index in [1.807, 2.05) is 24.4 Å². The van der Waals surface area contributed by atoms with E-state index in [0.717, 1.165) is 57.5 Å². The average molecular weight is 840 g/mol. The summed E-state index contributed by atoms with van der Waals surface area (Å²) in [4.78, 5) is 4.82. The second kappa shape index (κ2) is 13.7. The zero-order chi connectivity index (χ0) is 34.5. The number of hydrogen-bond donors (Lipinski definition) is 0. The van der Waals surface area contributed by atoms with E-state index in [9.17, 15) is 0 Å². The number of ether oxygens (including phenoxy) is 1. The van der Waals surface area contributed by atoms with Gasteiger partial charge < -0.3 is 9.30 Å². The fourth-order valence-corrected chi connectivity index (χ4v) is 6.68. The maximum Gasteiger partial charge on any atom is 2.00 e. The van der Waals surface area contributed by atoms with Crippen LogP contribution in [0.5, 0.6) is 11.5 Å². The molecule has 0 aliphatic rings. The van der Waals surface area contributed by atoms with Crippen LogP contribution in [0.15, 0.2) is 97.2 Å². The molecule has 0 bridgehead atoms. The Labute approximate surface area is 310 Å². The van der Waals surface area contributed by atoms with Crippen LogP contribution in [-0.4, -0.2) is 19.3 Å². The van der Waals surface area contributed by atoms with Gasteiger partial charge in [-0.05, 0) is 59.2 Å². The number of pyridine rings is 1. The third-order valence-corrected chi connectivity index (χ3v) is 9.09. The van der Waals surface area contributed by atoms with Crippen LogP contribution in [0.4, 0.5) is 0 Å². The summed E-state index contributed by atoms with van der Waals surface area (Å²) < 4.78 is 10.8. The van der Waals surface area contributed by atoms with Crippen LogP contribution < -0.4 is 4.74 Å². The summed E-state index contributed by atoms with van der Waals surface area (Å²) in [6.07, 6.45) is 3.80. The van der Waals surface area contributed by atoms with Gasteiger partial charge in [0.15, 0.2) is 0 Å². The van der Waals surface area contributed by atoms with Gasteiger partial charge in [0, 0.05) is 34.2 Å². The molecular weight excluding hydrogens is 796 g/mol. The standard InChI is InChI=1S/C44H44N4O.Pt/c1-9-13-37-41(30-20-18-29(2)19-21-30)42(44(6,7)8)48(46-37)32-14-12-15-33(27-32)49-34-22-23-36-35-16-10-11-17-38(35)47(39(36)28-34)40-26-31(24-25-45-40)43(3,4)5;/h10-12,14-26H,9,13H2,1-8H3;/q-2;+2. The summed E-state index contributed by atoms with van der Waals surface area (Å²) in [7, 11) is 0. The first-order chi connectivity index (χ1) is 23.4. The average Bonchev–Trinajstić information content (AvgIpc) is 3.61. The summed E-state index contributed by atoms with van der Waals surface area (Å²) in [5.41, 5.74) is 9.81. The zero-order valence-electron chi connectivity index (χ0n) is 30.2. The van der Waals surface area contributed by atoms with Gasteiger partial charge in [-0.1, -0.05) is 108 Å². The molecule has 4 aromatic carbocycles. The third-order valence-electron chi connectivity index (χ3n) is 9.09. The molecular formula is C44H44N4OPt. The molecule has 0 amide bonds. The number of benzene rings is 4. The van der Waals surface area contributed by atoms with Crippen LogP contribution in [0, 0.1) is 19.1 Å². The molecule has 50 heavy (non-hydrogen) atoms. The maximum absolute atomic E-state index is 6.54. The summed E-state index contributed by atoms with van der Waals surface area (Å²) >= 11 is 0. The molecule has 0 aliphatic heterocycles. The van der Waals surface area contributed by atoms with Gasteiger partial charge in [-0.25, -0.2) is 4.98 Å². The molecule has 3 aromatic heterocycles. The van der Waals surface area contributed by atoms with E-state index in [1.54, 1.807) is 0 Å². The first kappa shape index (κ1) is 35.4. The van der Waals surface area contributed by atoms with E-state index in [1.165, 1.54) is 22.3 Å². The Kier molecular flexibility index (Phi) is 9.67. The van der Waals surface area contributed by atoms with E-state index in [2.05, 4.69) is 150 Å². The quantitative estimate of drug-likeness (QED) is 0.150. The van der Waals surface area contributed by atoms with Gasteiger partial charge in [-0.3, -0.25) is 4.68 Å².